The van der Waals surface area contributed by atoms with Crippen LogP contribution in [0.1, 0.15) is 25.3 Å². The zero-order valence-corrected chi connectivity index (χ0v) is 17.0. The summed E-state index contributed by atoms with van der Waals surface area (Å²) in [5.74, 6) is -0.354. The van der Waals surface area contributed by atoms with Crippen molar-refractivity contribution in [2.24, 2.45) is 0 Å². The van der Waals surface area contributed by atoms with Crippen LogP contribution >= 0.6 is 11.8 Å². The van der Waals surface area contributed by atoms with Crippen molar-refractivity contribution in [1.82, 2.24) is 14.8 Å². The highest BCUT2D eigenvalue weighted by Gasteiger charge is 2.33. The highest BCUT2D eigenvalue weighted by Crippen LogP contribution is 2.33. The number of carbonyl (C=O) groups excluding carboxylic acids is 3. The molecule has 3 heterocycles. The Balaban J connectivity index is 1.55. The zero-order chi connectivity index (χ0) is 20.4. The summed E-state index contributed by atoms with van der Waals surface area (Å²) in [5, 5.41) is 3.62. The summed E-state index contributed by atoms with van der Waals surface area (Å²) in [5.41, 5.74) is 1.72. The Bertz CT molecular complexity index is 991. The molecule has 0 spiro atoms. The van der Waals surface area contributed by atoms with Crippen molar-refractivity contribution < 1.29 is 19.1 Å². The van der Waals surface area contributed by atoms with Gasteiger partial charge in [-0.3, -0.25) is 19.3 Å². The van der Waals surface area contributed by atoms with E-state index in [-0.39, 0.29) is 29.7 Å². The minimum Gasteiger partial charge on any atom is -0.376 e. The standard InChI is InChI=1S/C21H23N3O4S/c1-2-24-20(26)18(29-21(24)27)10-14-12-23(17-8-4-3-7-16(14)17)13-19(25)22-11-15-6-5-9-28-15/h3-4,7-8,10,12,15H,2,5-6,9,11,13H2,1H3,(H,22,25)/b18-10-/t15-/m0/s1. The Labute approximate surface area is 173 Å². The third-order valence-electron chi connectivity index (χ3n) is 5.16. The molecule has 0 aliphatic carbocycles. The average molecular weight is 413 g/mol. The maximum absolute atomic E-state index is 12.4. The van der Waals surface area contributed by atoms with Crippen molar-refractivity contribution in [3.8, 4) is 0 Å². The fourth-order valence-electron chi connectivity index (χ4n) is 3.68. The summed E-state index contributed by atoms with van der Waals surface area (Å²) in [7, 11) is 0. The van der Waals surface area contributed by atoms with Gasteiger partial charge in [0, 0.05) is 42.4 Å². The predicted molar refractivity (Wildman–Crippen MR) is 112 cm³/mol. The lowest BCUT2D eigenvalue weighted by atomic mass is 10.1. The first-order valence-corrected chi connectivity index (χ1v) is 10.6. The molecule has 0 radical (unpaired) electrons. The van der Waals surface area contributed by atoms with Crippen LogP contribution in [-0.4, -0.2) is 52.3 Å². The van der Waals surface area contributed by atoms with Crippen LogP contribution in [0.15, 0.2) is 35.4 Å². The van der Waals surface area contributed by atoms with Gasteiger partial charge in [0.1, 0.15) is 6.54 Å². The van der Waals surface area contributed by atoms with Crippen molar-refractivity contribution in [2.75, 3.05) is 19.7 Å². The lowest BCUT2D eigenvalue weighted by Gasteiger charge is -2.11. The van der Waals surface area contributed by atoms with Crippen molar-refractivity contribution in [3.05, 3.63) is 40.9 Å². The molecule has 7 nitrogen and oxygen atoms in total. The smallest absolute Gasteiger partial charge is 0.293 e. The van der Waals surface area contributed by atoms with Gasteiger partial charge in [0.2, 0.25) is 5.91 Å². The van der Waals surface area contributed by atoms with E-state index >= 15 is 0 Å². The number of likely N-dealkylation sites (N-methyl/N-ethyl adjacent to an activating group) is 1. The number of carbonyl (C=O) groups is 3. The van der Waals surface area contributed by atoms with Crippen molar-refractivity contribution >= 4 is 45.8 Å². The topological polar surface area (TPSA) is 80.6 Å². The Morgan fingerprint density at radius 3 is 2.90 bits per heavy atom. The van der Waals surface area contributed by atoms with Gasteiger partial charge >= 0.3 is 0 Å². The molecule has 1 atom stereocenters. The first-order chi connectivity index (χ1) is 14.1. The van der Waals surface area contributed by atoms with E-state index in [1.165, 1.54) is 4.90 Å². The third-order valence-corrected chi connectivity index (χ3v) is 6.07. The zero-order valence-electron chi connectivity index (χ0n) is 16.2. The van der Waals surface area contributed by atoms with Gasteiger partial charge in [0.05, 0.1) is 11.0 Å². The van der Waals surface area contributed by atoms with E-state index in [0.29, 0.717) is 18.0 Å². The van der Waals surface area contributed by atoms with Gasteiger partial charge in [-0.15, -0.1) is 0 Å². The van der Waals surface area contributed by atoms with Gasteiger partial charge in [-0.05, 0) is 43.7 Å². The van der Waals surface area contributed by atoms with Crippen LogP contribution in [-0.2, 0) is 20.9 Å². The summed E-state index contributed by atoms with van der Waals surface area (Å²) in [6.45, 7) is 3.59. The Morgan fingerprint density at radius 1 is 1.34 bits per heavy atom. The molecule has 3 amide bonds. The second-order valence-corrected chi connectivity index (χ2v) is 8.09. The second kappa shape index (κ2) is 8.42. The molecule has 1 aromatic carbocycles. The molecule has 2 aliphatic heterocycles. The number of ether oxygens (including phenoxy) is 1. The minimum atomic E-state index is -0.270. The number of thioether (sulfide) groups is 1. The minimum absolute atomic E-state index is 0.0842. The number of nitrogens with one attached hydrogen (secondary N) is 1. The van der Waals surface area contributed by atoms with Crippen LogP contribution in [0.5, 0.6) is 0 Å². The molecule has 29 heavy (non-hydrogen) atoms. The Morgan fingerprint density at radius 2 is 2.17 bits per heavy atom. The molecular formula is C21H23N3O4S. The fourth-order valence-corrected chi connectivity index (χ4v) is 4.57. The van der Waals surface area contributed by atoms with Crippen LogP contribution in [0.2, 0.25) is 0 Å². The molecule has 4 rings (SSSR count). The molecule has 0 saturated carbocycles. The molecule has 152 valence electrons. The van der Waals surface area contributed by atoms with Crippen LogP contribution in [0.3, 0.4) is 0 Å². The molecule has 0 unspecified atom stereocenters. The van der Waals surface area contributed by atoms with Crippen molar-refractivity contribution in [2.45, 2.75) is 32.4 Å². The first-order valence-electron chi connectivity index (χ1n) is 9.78. The van der Waals surface area contributed by atoms with Crippen LogP contribution in [0.4, 0.5) is 4.79 Å². The summed E-state index contributed by atoms with van der Waals surface area (Å²) < 4.78 is 7.41. The first kappa shape index (κ1) is 19.7. The Kier molecular flexibility index (Phi) is 5.73. The molecule has 1 N–H and O–H groups in total. The number of fused-ring (bicyclic) bond motifs is 1. The number of hydrogen-bond acceptors (Lipinski definition) is 5. The number of amides is 3. The Hall–Kier alpha value is -2.58. The summed E-state index contributed by atoms with van der Waals surface area (Å²) in [4.78, 5) is 38.5. The van der Waals surface area contributed by atoms with E-state index in [0.717, 1.165) is 47.7 Å². The molecule has 0 bridgehead atoms. The number of para-hydroxylation sites is 1. The number of hydrogen-bond donors (Lipinski definition) is 1. The normalized spacial score (nSPS) is 20.9. The molecule has 2 saturated heterocycles. The van der Waals surface area contributed by atoms with Gasteiger partial charge < -0.3 is 14.6 Å². The molecule has 8 heteroatoms. The third kappa shape index (κ3) is 4.09. The molecule has 2 aromatic rings. The van der Waals surface area contributed by atoms with Gasteiger partial charge in [-0.2, -0.15) is 0 Å². The molecular weight excluding hydrogens is 390 g/mol. The van der Waals surface area contributed by atoms with E-state index in [2.05, 4.69) is 5.32 Å². The number of rotatable bonds is 6. The summed E-state index contributed by atoms with van der Waals surface area (Å²) >= 11 is 0.951. The lowest BCUT2D eigenvalue weighted by molar-refractivity contribution is -0.123. The van der Waals surface area contributed by atoms with E-state index < -0.39 is 0 Å². The van der Waals surface area contributed by atoms with Crippen LogP contribution in [0.25, 0.3) is 17.0 Å². The number of nitrogens with zero attached hydrogens (tertiary/aromatic N) is 2. The van der Waals surface area contributed by atoms with Gasteiger partial charge in [0.25, 0.3) is 11.1 Å². The second-order valence-electron chi connectivity index (χ2n) is 7.09. The van der Waals surface area contributed by atoms with Gasteiger partial charge in [0.15, 0.2) is 0 Å². The maximum Gasteiger partial charge on any atom is 0.293 e. The monoisotopic (exact) mass is 413 g/mol. The lowest BCUT2D eigenvalue weighted by Crippen LogP contribution is -2.34. The van der Waals surface area contributed by atoms with Crippen LogP contribution in [0, 0.1) is 0 Å². The highest BCUT2D eigenvalue weighted by molar-refractivity contribution is 8.18. The summed E-state index contributed by atoms with van der Waals surface area (Å²) in [6, 6.07) is 7.72. The van der Waals surface area contributed by atoms with Crippen molar-refractivity contribution in [3.63, 3.8) is 0 Å². The number of imide groups is 1. The van der Waals surface area contributed by atoms with E-state index in [1.54, 1.807) is 13.0 Å². The number of aromatic nitrogens is 1. The number of benzene rings is 1. The van der Waals surface area contributed by atoms with E-state index in [1.807, 2.05) is 35.0 Å². The predicted octanol–water partition coefficient (Wildman–Crippen LogP) is 2.99. The average Bonchev–Trinajstić information content (AvgIpc) is 3.41. The molecule has 2 aliphatic rings. The molecule has 2 fully saturated rings. The SMILES string of the molecule is CCN1C(=O)S/C(=C\c2cn(CC(=O)NC[C@@H]3CCCO3)c3ccccc23)C1=O. The van der Waals surface area contributed by atoms with E-state index in [9.17, 15) is 14.4 Å². The largest absolute Gasteiger partial charge is 0.376 e. The quantitative estimate of drug-likeness (QED) is 0.737. The van der Waals surface area contributed by atoms with Crippen molar-refractivity contribution in [1.29, 1.82) is 0 Å². The van der Waals surface area contributed by atoms with Crippen LogP contribution < -0.4 is 5.32 Å². The maximum atomic E-state index is 12.4. The van der Waals surface area contributed by atoms with E-state index in [4.69, 9.17) is 4.74 Å². The van der Waals surface area contributed by atoms with Gasteiger partial charge in [-0.1, -0.05) is 18.2 Å². The summed E-state index contributed by atoms with van der Waals surface area (Å²) in [6.07, 6.45) is 5.71. The van der Waals surface area contributed by atoms with Gasteiger partial charge in [-0.25, -0.2) is 0 Å². The highest BCUT2D eigenvalue weighted by atomic mass is 32.2. The molecule has 1 aromatic heterocycles. The fraction of sp³-hybridized carbons (Fsp3) is 0.381.